The van der Waals surface area contributed by atoms with E-state index in [0.29, 0.717) is 25.7 Å². The highest BCUT2D eigenvalue weighted by Gasteiger charge is 2.70. The first-order valence-electron chi connectivity index (χ1n) is 24.5. The molecule has 0 aromatic rings. The fourth-order valence-electron chi connectivity index (χ4n) is 15.0. The van der Waals surface area contributed by atoms with Crippen LogP contribution in [0, 0.1) is 56.7 Å². The first kappa shape index (κ1) is 51.9. The number of hydrogen-bond donors (Lipinski definition) is 12. The number of rotatable bonds is 9. The van der Waals surface area contributed by atoms with Gasteiger partial charge in [-0.15, -0.1) is 0 Å². The summed E-state index contributed by atoms with van der Waals surface area (Å²) in [6, 6.07) is 0. The Bertz CT molecular complexity index is 1820. The Hall–Kier alpha value is -1.47. The van der Waals surface area contributed by atoms with E-state index in [4.69, 9.17) is 28.4 Å². The summed E-state index contributed by atoms with van der Waals surface area (Å²) >= 11 is 0. The minimum absolute atomic E-state index is 0.00330. The van der Waals surface area contributed by atoms with Crippen LogP contribution in [-0.4, -0.2) is 191 Å². The molecule has 0 radical (unpaired) electrons. The van der Waals surface area contributed by atoms with Crippen LogP contribution in [0.3, 0.4) is 0 Å². The molecule has 26 unspecified atom stereocenters. The Balaban J connectivity index is 1.11. The van der Waals surface area contributed by atoms with Crippen molar-refractivity contribution in [1.29, 1.82) is 0 Å². The molecule has 0 amide bonds. The number of fused-ring (bicyclic) bond motifs is 7. The van der Waals surface area contributed by atoms with Crippen molar-refractivity contribution >= 4 is 5.97 Å². The summed E-state index contributed by atoms with van der Waals surface area (Å²) in [7, 11) is 0. The maximum Gasteiger partial charge on any atom is 0.311 e. The molecule has 8 aliphatic rings. The Morgan fingerprint density at radius 3 is 2.01 bits per heavy atom. The SMILES string of the molecule is CC1OC(OC2C(OC(=O)C3CC4(C)C(=CCC5C6(C)CC(O)C(O)C(C)(CO)C6CCC54C)C4CC(C)(C)CCC34)OC(COC3OC(CO)C(O)C(O)C3O)C(O)C2O)C(O)C(O)C1O. The zero-order valence-corrected chi connectivity index (χ0v) is 39.8. The third-order valence-corrected chi connectivity index (χ3v) is 19.2. The number of hydrogen-bond acceptors (Lipinski definition) is 19. The van der Waals surface area contributed by atoms with E-state index in [9.17, 15) is 61.3 Å². The van der Waals surface area contributed by atoms with Gasteiger partial charge in [0.15, 0.2) is 18.7 Å². The van der Waals surface area contributed by atoms with E-state index in [2.05, 4.69) is 40.7 Å². The summed E-state index contributed by atoms with van der Waals surface area (Å²) < 4.78 is 35.5. The number of carbonyl (C=O) groups excluding carboxylic acids is 1. The number of esters is 1. The quantitative estimate of drug-likeness (QED) is 0.0971. The van der Waals surface area contributed by atoms with Crippen molar-refractivity contribution < 1.29 is 94.5 Å². The van der Waals surface area contributed by atoms with Gasteiger partial charge in [-0.2, -0.15) is 0 Å². The van der Waals surface area contributed by atoms with Gasteiger partial charge in [0.2, 0.25) is 6.29 Å². The zero-order chi connectivity index (χ0) is 49.1. The Morgan fingerprint density at radius 2 is 1.34 bits per heavy atom. The average Bonchev–Trinajstić information content (AvgIpc) is 3.27. The Morgan fingerprint density at radius 1 is 0.701 bits per heavy atom. The highest BCUT2D eigenvalue weighted by Crippen LogP contribution is 2.75. The van der Waals surface area contributed by atoms with E-state index in [0.717, 1.165) is 25.7 Å². The molecule has 3 heterocycles. The van der Waals surface area contributed by atoms with Crippen molar-refractivity contribution in [1.82, 2.24) is 0 Å². The molecular formula is C48H78O19. The first-order valence-corrected chi connectivity index (χ1v) is 24.5. The lowest BCUT2D eigenvalue weighted by atomic mass is 9.33. The topological polar surface area (TPSA) is 315 Å². The second kappa shape index (κ2) is 18.5. The fourth-order valence-corrected chi connectivity index (χ4v) is 15.0. The summed E-state index contributed by atoms with van der Waals surface area (Å²) in [6.45, 7) is 12.9. The van der Waals surface area contributed by atoms with Gasteiger partial charge < -0.3 is 89.7 Å². The highest BCUT2D eigenvalue weighted by atomic mass is 16.8. The summed E-state index contributed by atoms with van der Waals surface area (Å²) in [4.78, 5) is 15.3. The van der Waals surface area contributed by atoms with Gasteiger partial charge in [-0.3, -0.25) is 4.79 Å². The van der Waals surface area contributed by atoms with Crippen molar-refractivity contribution in [3.63, 3.8) is 0 Å². The van der Waals surface area contributed by atoms with Crippen LogP contribution >= 0.6 is 0 Å². The lowest BCUT2D eigenvalue weighted by molar-refractivity contribution is -0.365. The molecule has 7 fully saturated rings. The molecule has 26 atom stereocenters. The largest absolute Gasteiger partial charge is 0.432 e. The van der Waals surface area contributed by atoms with Gasteiger partial charge in [-0.25, -0.2) is 0 Å². The van der Waals surface area contributed by atoms with Crippen molar-refractivity contribution in [3.05, 3.63) is 11.6 Å². The van der Waals surface area contributed by atoms with Crippen LogP contribution in [0.5, 0.6) is 0 Å². The minimum Gasteiger partial charge on any atom is -0.432 e. The number of aliphatic hydroxyl groups is 12. The summed E-state index contributed by atoms with van der Waals surface area (Å²) in [6.07, 6.45) is -19.2. The van der Waals surface area contributed by atoms with E-state index < -0.39 is 151 Å². The van der Waals surface area contributed by atoms with Gasteiger partial charge in [0.1, 0.15) is 61.0 Å². The normalized spacial score (nSPS) is 55.2. The number of ether oxygens (including phenoxy) is 6. The van der Waals surface area contributed by atoms with Crippen LogP contribution < -0.4 is 0 Å². The molecule has 19 heteroatoms. The smallest absolute Gasteiger partial charge is 0.311 e. The minimum atomic E-state index is -1.92. The van der Waals surface area contributed by atoms with Crippen LogP contribution in [0.2, 0.25) is 0 Å². The maximum atomic E-state index is 15.3. The van der Waals surface area contributed by atoms with Crippen molar-refractivity contribution in [2.45, 2.75) is 204 Å². The highest BCUT2D eigenvalue weighted by molar-refractivity contribution is 5.74. The van der Waals surface area contributed by atoms with Gasteiger partial charge in [0.25, 0.3) is 0 Å². The molecule has 0 spiro atoms. The van der Waals surface area contributed by atoms with E-state index in [1.807, 2.05) is 6.92 Å². The second-order valence-electron chi connectivity index (χ2n) is 23.4. The molecule has 0 aromatic carbocycles. The van der Waals surface area contributed by atoms with E-state index in [1.165, 1.54) is 12.5 Å². The summed E-state index contributed by atoms with van der Waals surface area (Å²) in [5, 5.41) is 130. The Labute approximate surface area is 392 Å². The van der Waals surface area contributed by atoms with Gasteiger partial charge in [-0.05, 0) is 104 Å². The third kappa shape index (κ3) is 8.38. The molecule has 12 N–H and O–H groups in total. The molecule has 3 aliphatic heterocycles. The number of carbonyl (C=O) groups is 1. The molecule has 0 bridgehead atoms. The molecule has 4 saturated carbocycles. The maximum absolute atomic E-state index is 15.3. The van der Waals surface area contributed by atoms with E-state index in [-0.39, 0.29) is 35.7 Å². The standard InChI is InChI=1S/C48H78O19/c1-20-30(52)33(55)37(59)42(63-20)66-38-35(57)32(54)27(18-62-41-36(58)34(56)31(53)26(17-49)64-41)65-43(38)67-40(61)23-15-48(7)24(22-14-44(2,3)12-10-21(22)23)8-9-29-45(4)16-25(51)39(60)46(5,19-50)28(45)11-13-47(29,48)6/h8,20-23,25-39,41-43,49-60H,9-19H2,1-7H3. The first-order chi connectivity index (χ1) is 31.3. The molecule has 8 rings (SSSR count). The molecule has 0 aromatic heterocycles. The monoisotopic (exact) mass is 959 g/mol. The summed E-state index contributed by atoms with van der Waals surface area (Å²) in [5.41, 5.74) is -1.08. The average molecular weight is 959 g/mol. The van der Waals surface area contributed by atoms with E-state index in [1.54, 1.807) is 0 Å². The Kier molecular flexibility index (Phi) is 14.4. The van der Waals surface area contributed by atoms with Gasteiger partial charge in [0.05, 0.1) is 44.1 Å². The fraction of sp³-hybridized carbons (Fsp3) is 0.938. The molecule has 67 heavy (non-hydrogen) atoms. The molecular weight excluding hydrogens is 881 g/mol. The lowest BCUT2D eigenvalue weighted by Crippen LogP contribution is -2.68. The van der Waals surface area contributed by atoms with E-state index >= 15 is 4.79 Å². The number of allylic oxidation sites excluding steroid dienone is 2. The van der Waals surface area contributed by atoms with Crippen molar-refractivity contribution in [2.75, 3.05) is 19.8 Å². The molecule has 19 nitrogen and oxygen atoms in total. The zero-order valence-electron chi connectivity index (χ0n) is 39.8. The third-order valence-electron chi connectivity index (χ3n) is 19.2. The second-order valence-corrected chi connectivity index (χ2v) is 23.4. The van der Waals surface area contributed by atoms with Crippen LogP contribution in [0.25, 0.3) is 0 Å². The van der Waals surface area contributed by atoms with Gasteiger partial charge >= 0.3 is 5.97 Å². The number of aliphatic hydroxyl groups excluding tert-OH is 12. The van der Waals surface area contributed by atoms with Crippen molar-refractivity contribution in [2.24, 2.45) is 56.7 Å². The van der Waals surface area contributed by atoms with Crippen LogP contribution in [0.4, 0.5) is 0 Å². The van der Waals surface area contributed by atoms with Crippen LogP contribution in [0.1, 0.15) is 99.8 Å². The molecule has 5 aliphatic carbocycles. The van der Waals surface area contributed by atoms with Gasteiger partial charge in [-0.1, -0.05) is 53.2 Å². The molecule has 3 saturated heterocycles. The molecule has 384 valence electrons. The summed E-state index contributed by atoms with van der Waals surface area (Å²) in [5.74, 6) is -1.59. The predicted octanol–water partition coefficient (Wildman–Crippen LogP) is -1.03. The predicted molar refractivity (Wildman–Crippen MR) is 231 cm³/mol. The van der Waals surface area contributed by atoms with Crippen LogP contribution in [-0.2, 0) is 33.2 Å². The van der Waals surface area contributed by atoms with Crippen LogP contribution in [0.15, 0.2) is 11.6 Å². The lowest BCUT2D eigenvalue weighted by Gasteiger charge is -2.71. The van der Waals surface area contributed by atoms with Gasteiger partial charge in [0, 0.05) is 5.41 Å². The van der Waals surface area contributed by atoms with Crippen molar-refractivity contribution in [3.8, 4) is 0 Å².